The number of amides is 2. The first-order valence-corrected chi connectivity index (χ1v) is 13.6. The van der Waals surface area contributed by atoms with Crippen molar-refractivity contribution < 1.29 is 22.7 Å². The van der Waals surface area contributed by atoms with Gasteiger partial charge in [-0.2, -0.15) is 0 Å². The first-order chi connectivity index (χ1) is 16.4. The number of carbonyl (C=O) groups is 2. The Hall–Kier alpha value is -3.07. The van der Waals surface area contributed by atoms with Gasteiger partial charge < -0.3 is 15.0 Å². The molecule has 0 aliphatic heterocycles. The lowest BCUT2D eigenvalue weighted by molar-refractivity contribution is -0.139. The van der Waals surface area contributed by atoms with Crippen molar-refractivity contribution in [2.75, 3.05) is 30.3 Å². The Morgan fingerprint density at radius 2 is 1.66 bits per heavy atom. The average Bonchev–Trinajstić information content (AvgIpc) is 2.80. The molecular weight excluding hydrogens is 466 g/mol. The fourth-order valence-electron chi connectivity index (χ4n) is 3.46. The second-order valence-electron chi connectivity index (χ2n) is 8.99. The SMILES string of the molecule is CCOc1ccccc1N(CC(=O)N(Cc1ccc(C)cc1)C(C)C(=O)NCC(C)C)S(C)(=O)=O. The van der Waals surface area contributed by atoms with Gasteiger partial charge in [0.1, 0.15) is 18.3 Å². The zero-order chi connectivity index (χ0) is 26.2. The number of hydrogen-bond acceptors (Lipinski definition) is 5. The van der Waals surface area contributed by atoms with Gasteiger partial charge in [-0.05, 0) is 44.4 Å². The molecule has 9 heteroatoms. The Kier molecular flexibility index (Phi) is 10.1. The number of anilines is 1. The molecule has 192 valence electrons. The number of benzene rings is 2. The van der Waals surface area contributed by atoms with Crippen LogP contribution in [0.2, 0.25) is 0 Å². The van der Waals surface area contributed by atoms with Crippen molar-refractivity contribution in [2.24, 2.45) is 5.92 Å². The fraction of sp³-hybridized carbons (Fsp3) is 0.462. The minimum atomic E-state index is -3.83. The molecule has 0 saturated carbocycles. The smallest absolute Gasteiger partial charge is 0.244 e. The van der Waals surface area contributed by atoms with E-state index >= 15 is 0 Å². The zero-order valence-corrected chi connectivity index (χ0v) is 22.3. The molecule has 0 aliphatic carbocycles. The van der Waals surface area contributed by atoms with Crippen LogP contribution in [0.4, 0.5) is 5.69 Å². The van der Waals surface area contributed by atoms with Crippen LogP contribution >= 0.6 is 0 Å². The summed E-state index contributed by atoms with van der Waals surface area (Å²) in [5, 5.41) is 2.87. The number of hydrogen-bond donors (Lipinski definition) is 1. The standard InChI is InChI=1S/C26H37N3O5S/c1-7-34-24-11-9-8-10-23(24)29(35(6,32)33)18-25(30)28(17-22-14-12-20(4)13-15-22)21(5)26(31)27-16-19(2)3/h8-15,19,21H,7,16-18H2,1-6H3,(H,27,31). The molecule has 0 saturated heterocycles. The summed E-state index contributed by atoms with van der Waals surface area (Å²) >= 11 is 0. The lowest BCUT2D eigenvalue weighted by Gasteiger charge is -2.32. The van der Waals surface area contributed by atoms with E-state index in [1.807, 2.05) is 45.0 Å². The summed E-state index contributed by atoms with van der Waals surface area (Å²) in [6, 6.07) is 13.5. The highest BCUT2D eigenvalue weighted by Gasteiger charge is 2.31. The average molecular weight is 504 g/mol. The molecule has 0 spiro atoms. The number of carbonyl (C=O) groups excluding carboxylic acids is 2. The molecule has 1 atom stereocenters. The van der Waals surface area contributed by atoms with E-state index in [1.54, 1.807) is 38.1 Å². The molecule has 0 aromatic heterocycles. The molecule has 35 heavy (non-hydrogen) atoms. The minimum absolute atomic E-state index is 0.167. The molecule has 2 amide bonds. The number of ether oxygens (including phenoxy) is 1. The molecule has 8 nitrogen and oxygen atoms in total. The summed E-state index contributed by atoms with van der Waals surface area (Å²) in [5.74, 6) is -0.168. The second kappa shape index (κ2) is 12.6. The largest absolute Gasteiger partial charge is 0.492 e. The van der Waals surface area contributed by atoms with Crippen LogP contribution in [0.1, 0.15) is 38.8 Å². The van der Waals surface area contributed by atoms with E-state index in [-0.39, 0.29) is 24.1 Å². The van der Waals surface area contributed by atoms with E-state index in [2.05, 4.69) is 5.32 Å². The Bertz CT molecular complexity index is 1100. The monoisotopic (exact) mass is 503 g/mol. The minimum Gasteiger partial charge on any atom is -0.492 e. The van der Waals surface area contributed by atoms with Crippen molar-refractivity contribution in [3.05, 3.63) is 59.7 Å². The maximum Gasteiger partial charge on any atom is 0.244 e. The van der Waals surface area contributed by atoms with Gasteiger partial charge in [-0.1, -0.05) is 55.8 Å². The normalized spacial score (nSPS) is 12.2. The number of aryl methyl sites for hydroxylation is 1. The van der Waals surface area contributed by atoms with Gasteiger partial charge >= 0.3 is 0 Å². The van der Waals surface area contributed by atoms with Crippen molar-refractivity contribution in [3.63, 3.8) is 0 Å². The number of nitrogens with one attached hydrogen (secondary N) is 1. The van der Waals surface area contributed by atoms with Gasteiger partial charge in [0, 0.05) is 13.1 Å². The lowest BCUT2D eigenvalue weighted by Crippen LogP contribution is -2.51. The molecule has 2 rings (SSSR count). The van der Waals surface area contributed by atoms with Gasteiger partial charge in [-0.3, -0.25) is 13.9 Å². The van der Waals surface area contributed by atoms with E-state index in [1.165, 1.54) is 4.90 Å². The summed E-state index contributed by atoms with van der Waals surface area (Å²) in [6.45, 7) is 9.92. The summed E-state index contributed by atoms with van der Waals surface area (Å²) in [5.41, 5.74) is 2.19. The fourth-order valence-corrected chi connectivity index (χ4v) is 4.31. The van der Waals surface area contributed by atoms with Crippen LogP contribution in [0.3, 0.4) is 0 Å². The predicted molar refractivity (Wildman–Crippen MR) is 139 cm³/mol. The van der Waals surface area contributed by atoms with Crippen molar-refractivity contribution in [1.82, 2.24) is 10.2 Å². The van der Waals surface area contributed by atoms with Crippen LogP contribution in [0.25, 0.3) is 0 Å². The van der Waals surface area contributed by atoms with E-state index < -0.39 is 28.5 Å². The van der Waals surface area contributed by atoms with Crippen LogP contribution < -0.4 is 14.4 Å². The highest BCUT2D eigenvalue weighted by Crippen LogP contribution is 2.30. The van der Waals surface area contributed by atoms with Crippen molar-refractivity contribution in [2.45, 2.75) is 47.2 Å². The van der Waals surface area contributed by atoms with Gasteiger partial charge in [0.2, 0.25) is 21.8 Å². The molecule has 0 bridgehead atoms. The van der Waals surface area contributed by atoms with Crippen LogP contribution in [0.5, 0.6) is 5.75 Å². The molecule has 1 unspecified atom stereocenters. The summed E-state index contributed by atoms with van der Waals surface area (Å²) in [7, 11) is -3.83. The molecule has 0 aliphatic rings. The molecule has 2 aromatic carbocycles. The Morgan fingerprint density at radius 3 is 2.23 bits per heavy atom. The van der Waals surface area contributed by atoms with Gasteiger partial charge in [0.25, 0.3) is 0 Å². The van der Waals surface area contributed by atoms with Crippen molar-refractivity contribution >= 4 is 27.5 Å². The Labute approximate surface area is 209 Å². The third kappa shape index (κ3) is 8.28. The van der Waals surface area contributed by atoms with Crippen LogP contribution in [0.15, 0.2) is 48.5 Å². The Balaban J connectivity index is 2.40. The first-order valence-electron chi connectivity index (χ1n) is 11.8. The van der Waals surface area contributed by atoms with Gasteiger partial charge in [0.05, 0.1) is 18.6 Å². The van der Waals surface area contributed by atoms with E-state index in [4.69, 9.17) is 4.74 Å². The molecule has 0 fully saturated rings. The van der Waals surface area contributed by atoms with Gasteiger partial charge in [0.15, 0.2) is 0 Å². The number of rotatable bonds is 12. The molecular formula is C26H37N3O5S. The molecule has 2 aromatic rings. The topological polar surface area (TPSA) is 96.0 Å². The van der Waals surface area contributed by atoms with E-state index in [0.717, 1.165) is 21.7 Å². The van der Waals surface area contributed by atoms with Crippen LogP contribution in [-0.4, -0.2) is 57.1 Å². The number of sulfonamides is 1. The van der Waals surface area contributed by atoms with Gasteiger partial charge in [-0.25, -0.2) is 8.42 Å². The maximum absolute atomic E-state index is 13.6. The number of nitrogens with zero attached hydrogens (tertiary/aromatic N) is 2. The summed E-state index contributed by atoms with van der Waals surface area (Å²) < 4.78 is 32.1. The molecule has 0 radical (unpaired) electrons. The van der Waals surface area contributed by atoms with Gasteiger partial charge in [-0.15, -0.1) is 0 Å². The summed E-state index contributed by atoms with van der Waals surface area (Å²) in [4.78, 5) is 27.9. The quantitative estimate of drug-likeness (QED) is 0.479. The highest BCUT2D eigenvalue weighted by molar-refractivity contribution is 7.92. The second-order valence-corrected chi connectivity index (χ2v) is 10.9. The molecule has 0 heterocycles. The van der Waals surface area contributed by atoms with Crippen LogP contribution in [0, 0.1) is 12.8 Å². The van der Waals surface area contributed by atoms with Crippen molar-refractivity contribution in [3.8, 4) is 5.75 Å². The van der Waals surface area contributed by atoms with Crippen molar-refractivity contribution in [1.29, 1.82) is 0 Å². The first kappa shape index (κ1) is 28.2. The zero-order valence-electron chi connectivity index (χ0n) is 21.4. The predicted octanol–water partition coefficient (Wildman–Crippen LogP) is 3.35. The lowest BCUT2D eigenvalue weighted by atomic mass is 10.1. The highest BCUT2D eigenvalue weighted by atomic mass is 32.2. The van der Waals surface area contributed by atoms with Crippen LogP contribution in [-0.2, 0) is 26.2 Å². The van der Waals surface area contributed by atoms with E-state index in [9.17, 15) is 18.0 Å². The molecule has 1 N–H and O–H groups in total. The Morgan fingerprint density at radius 1 is 1.03 bits per heavy atom. The summed E-state index contributed by atoms with van der Waals surface area (Å²) in [6.07, 6.45) is 1.05. The van der Waals surface area contributed by atoms with E-state index in [0.29, 0.717) is 18.9 Å². The maximum atomic E-state index is 13.6. The third-order valence-electron chi connectivity index (χ3n) is 5.44. The third-order valence-corrected chi connectivity index (χ3v) is 6.56. The number of para-hydroxylation sites is 2.